The predicted octanol–water partition coefficient (Wildman–Crippen LogP) is -2.51. The van der Waals surface area contributed by atoms with Crippen LogP contribution < -0.4 is 15.6 Å². The van der Waals surface area contributed by atoms with E-state index in [-0.39, 0.29) is 73.7 Å². The standard InChI is InChI=1S/3C6H6N2O5Si.O.V/c3*9-7(10)4-1-5(8(11)12)3-6(2-4)14-13;;/h3*1-3,13H,14H2;;/q;;;-2;+2. The number of benzene rings is 3. The maximum atomic E-state index is 10.4. The number of hydrogen-bond acceptors (Lipinski definition) is 15. The average Bonchev–Trinajstić information content (AvgIpc) is 2.96. The molecule has 26 heteroatoms. The molecule has 0 fully saturated rings. The number of hydrogen-bond donors (Lipinski definition) is 3. The molecule has 0 aliphatic heterocycles. The first-order valence-electron chi connectivity index (χ1n) is 10.7. The number of nitrogens with zero attached hydrogens (tertiary/aromatic N) is 6. The quantitative estimate of drug-likeness (QED) is 0.117. The molecule has 0 bridgehead atoms. The van der Waals surface area contributed by atoms with Crippen LogP contribution in [0.25, 0.3) is 0 Å². The minimum absolute atomic E-state index is 0. The van der Waals surface area contributed by atoms with Crippen molar-refractivity contribution in [3.05, 3.63) is 115 Å². The van der Waals surface area contributed by atoms with E-state index in [4.69, 9.17) is 14.4 Å². The maximum Gasteiger partial charge on any atom is 2.00 e. The minimum Gasteiger partial charge on any atom is -2.00 e. The van der Waals surface area contributed by atoms with Gasteiger partial charge in [-0.2, -0.15) is 0 Å². The van der Waals surface area contributed by atoms with Gasteiger partial charge in [0.05, 0.1) is 47.7 Å². The molecule has 0 spiro atoms. The normalized spacial score (nSPS) is 10.2. The zero-order valence-corrected chi connectivity index (χ0v) is 27.2. The number of nitro groups is 6. The Morgan fingerprint density at radius 3 is 0.614 bits per heavy atom. The minimum atomic E-state index is -1.62. The number of nitro benzene ring substituents is 6. The fourth-order valence-electron chi connectivity index (χ4n) is 2.88. The summed E-state index contributed by atoms with van der Waals surface area (Å²) in [6, 6.07) is 9.52. The van der Waals surface area contributed by atoms with Crippen molar-refractivity contribution in [3.63, 3.8) is 0 Å². The van der Waals surface area contributed by atoms with Crippen LogP contribution in [0.15, 0.2) is 54.6 Å². The average molecular weight is 710 g/mol. The summed E-state index contributed by atoms with van der Waals surface area (Å²) in [5.41, 5.74) is -2.19. The van der Waals surface area contributed by atoms with Crippen molar-refractivity contribution in [3.8, 4) is 0 Å². The summed E-state index contributed by atoms with van der Waals surface area (Å²) in [7, 11) is -4.87. The van der Waals surface area contributed by atoms with Crippen LogP contribution in [0.5, 0.6) is 0 Å². The van der Waals surface area contributed by atoms with Gasteiger partial charge in [-0.25, -0.2) is 0 Å². The van der Waals surface area contributed by atoms with Gasteiger partial charge in [-0.15, -0.1) is 0 Å². The molecule has 44 heavy (non-hydrogen) atoms. The summed E-state index contributed by atoms with van der Waals surface area (Å²) in [5, 5.41) is 63.0. The van der Waals surface area contributed by atoms with Gasteiger partial charge < -0.3 is 19.9 Å². The van der Waals surface area contributed by atoms with Gasteiger partial charge >= 0.3 is 18.6 Å². The molecule has 0 atom stereocenters. The molecule has 3 rings (SSSR count). The topological polar surface area (TPSA) is 348 Å². The first-order valence-corrected chi connectivity index (χ1v) is 14.8. The van der Waals surface area contributed by atoms with E-state index in [1.54, 1.807) is 0 Å². The van der Waals surface area contributed by atoms with E-state index in [9.17, 15) is 60.7 Å². The third kappa shape index (κ3) is 13.0. The van der Waals surface area contributed by atoms with Gasteiger partial charge in [-0.3, -0.25) is 60.7 Å². The fourth-order valence-corrected chi connectivity index (χ4v) is 4.68. The molecule has 0 saturated heterocycles. The molecule has 0 aliphatic carbocycles. The second-order valence-electron chi connectivity index (χ2n) is 7.59. The molecular weight excluding hydrogens is 691 g/mol. The smallest absolute Gasteiger partial charge is 2.00 e. The first kappa shape index (κ1) is 41.3. The van der Waals surface area contributed by atoms with Gasteiger partial charge in [0.2, 0.25) is 0 Å². The molecule has 3 N–H and O–H groups in total. The van der Waals surface area contributed by atoms with Crippen molar-refractivity contribution in [1.82, 2.24) is 0 Å². The molecule has 0 aromatic heterocycles. The molecule has 22 nitrogen and oxygen atoms in total. The van der Waals surface area contributed by atoms with E-state index in [2.05, 4.69) is 0 Å². The first-order chi connectivity index (χ1) is 19.6. The van der Waals surface area contributed by atoms with Crippen LogP contribution in [0, 0.1) is 60.7 Å². The monoisotopic (exact) mass is 709 g/mol. The third-order valence-electron chi connectivity index (χ3n) is 4.70. The Labute approximate surface area is 261 Å². The van der Waals surface area contributed by atoms with Gasteiger partial charge in [0, 0.05) is 36.4 Å². The summed E-state index contributed by atoms with van der Waals surface area (Å²) in [6.45, 7) is 0. The van der Waals surface area contributed by atoms with Gasteiger partial charge in [0.15, 0.2) is 29.3 Å². The van der Waals surface area contributed by atoms with E-state index < -0.39 is 58.8 Å². The van der Waals surface area contributed by atoms with Gasteiger partial charge in [0.1, 0.15) is 0 Å². The Bertz CT molecular complexity index is 1270. The summed E-state index contributed by atoms with van der Waals surface area (Å²) in [6.07, 6.45) is 0. The second-order valence-corrected chi connectivity index (χ2v) is 11.0. The molecule has 0 unspecified atom stereocenters. The third-order valence-corrected chi connectivity index (χ3v) is 7.02. The molecular formula is C18H18N6O16Si3V. The van der Waals surface area contributed by atoms with Gasteiger partial charge in [-0.1, -0.05) is 0 Å². The van der Waals surface area contributed by atoms with Crippen molar-refractivity contribution >= 4 is 79.0 Å². The van der Waals surface area contributed by atoms with Crippen molar-refractivity contribution in [2.24, 2.45) is 0 Å². The molecule has 0 aliphatic rings. The van der Waals surface area contributed by atoms with E-state index in [1.165, 1.54) is 0 Å². The van der Waals surface area contributed by atoms with Crippen molar-refractivity contribution < 1.29 is 68.0 Å². The summed E-state index contributed by atoms with van der Waals surface area (Å²) in [4.78, 5) is 84.4. The largest absolute Gasteiger partial charge is 2.00 e. The van der Waals surface area contributed by atoms with E-state index in [0.717, 1.165) is 54.6 Å². The molecule has 1 radical (unpaired) electrons. The summed E-state index contributed by atoms with van der Waals surface area (Å²) < 4.78 is 0. The van der Waals surface area contributed by atoms with Gasteiger partial charge in [0.25, 0.3) is 34.1 Å². The molecule has 0 amide bonds. The molecule has 3 aromatic carbocycles. The number of non-ortho nitro benzene ring substituents is 6. The summed E-state index contributed by atoms with van der Waals surface area (Å²) in [5.74, 6) is 0. The van der Waals surface area contributed by atoms with E-state index >= 15 is 0 Å². The predicted molar refractivity (Wildman–Crippen MR) is 151 cm³/mol. The van der Waals surface area contributed by atoms with Crippen LogP contribution in [-0.4, -0.2) is 73.2 Å². The van der Waals surface area contributed by atoms with Crippen LogP contribution >= 0.6 is 0 Å². The Morgan fingerprint density at radius 1 is 0.386 bits per heavy atom. The van der Waals surface area contributed by atoms with Gasteiger partial charge in [-0.05, 0) is 15.6 Å². The number of rotatable bonds is 9. The second kappa shape index (κ2) is 19.3. The SMILES string of the molecule is O=[N+]([O-])c1cc([SiH2]O)cc([N+](=O)[O-])c1.O=[N+]([O-])c1cc([SiH2]O)cc([N+](=O)[O-])c1.O=[N+]([O-])c1cc([SiH2]O)cc([N+](=O)[O-])c1.[O-2].[V+2]. The Morgan fingerprint density at radius 2 is 0.523 bits per heavy atom. The molecule has 0 heterocycles. The van der Waals surface area contributed by atoms with E-state index in [1.807, 2.05) is 0 Å². The molecule has 0 saturated carbocycles. The molecule has 3 aromatic rings. The van der Waals surface area contributed by atoms with Crippen LogP contribution in [0.2, 0.25) is 0 Å². The van der Waals surface area contributed by atoms with Crippen molar-refractivity contribution in [2.45, 2.75) is 0 Å². The van der Waals surface area contributed by atoms with E-state index in [0.29, 0.717) is 0 Å². The van der Waals surface area contributed by atoms with Crippen LogP contribution in [0.1, 0.15) is 0 Å². The van der Waals surface area contributed by atoms with Crippen LogP contribution in [-0.2, 0) is 24.0 Å². The zero-order chi connectivity index (χ0) is 32.1. The van der Waals surface area contributed by atoms with Crippen LogP contribution in [0.4, 0.5) is 34.1 Å². The Balaban J connectivity index is 0. The zero-order valence-electron chi connectivity index (χ0n) is 21.6. The Hall–Kier alpha value is -4.86. The fraction of sp³-hybridized carbons (Fsp3) is 0. The van der Waals surface area contributed by atoms with Crippen LogP contribution in [0.3, 0.4) is 0 Å². The maximum absolute atomic E-state index is 10.4. The van der Waals surface area contributed by atoms with Crippen molar-refractivity contribution in [2.75, 3.05) is 0 Å². The molecule has 233 valence electrons. The summed E-state index contributed by atoms with van der Waals surface area (Å²) >= 11 is 0. The Kier molecular flexibility index (Phi) is 18.1. The van der Waals surface area contributed by atoms with Crippen molar-refractivity contribution in [1.29, 1.82) is 0 Å².